The third kappa shape index (κ3) is 4.17. The zero-order valence-electron chi connectivity index (χ0n) is 8.19. The van der Waals surface area contributed by atoms with Crippen molar-refractivity contribution in [3.8, 4) is 0 Å². The second-order valence-electron chi connectivity index (χ2n) is 2.86. The van der Waals surface area contributed by atoms with E-state index in [9.17, 15) is 8.42 Å². The molecule has 0 saturated carbocycles. The maximum absolute atomic E-state index is 10.6. The number of aromatic nitrogens is 1. The Labute approximate surface area is 88.1 Å². The van der Waals surface area contributed by atoms with Crippen LogP contribution in [0.2, 0.25) is 0 Å². The molecule has 0 aliphatic rings. The summed E-state index contributed by atoms with van der Waals surface area (Å²) in [5.41, 5.74) is 0.899. The number of thiazole rings is 1. The molecule has 0 bridgehead atoms. The van der Waals surface area contributed by atoms with Crippen LogP contribution in [0.25, 0.3) is 0 Å². The minimum Gasteiger partial charge on any atom is -0.270 e. The van der Waals surface area contributed by atoms with Gasteiger partial charge in [-0.1, -0.05) is 6.92 Å². The van der Waals surface area contributed by atoms with E-state index in [-0.39, 0.29) is 6.61 Å². The van der Waals surface area contributed by atoms with Gasteiger partial charge >= 0.3 is 0 Å². The van der Waals surface area contributed by atoms with Crippen molar-refractivity contribution < 1.29 is 12.6 Å². The second kappa shape index (κ2) is 4.86. The maximum atomic E-state index is 10.6. The topological polar surface area (TPSA) is 56.3 Å². The predicted octanol–water partition coefficient (Wildman–Crippen LogP) is 1.22. The number of nitrogens with zero attached hydrogens (tertiary/aromatic N) is 1. The molecule has 0 saturated heterocycles. The predicted molar refractivity (Wildman–Crippen MR) is 56.0 cm³/mol. The Balaban J connectivity index is 2.39. The molecule has 1 rings (SSSR count). The van der Waals surface area contributed by atoms with Gasteiger partial charge in [0.25, 0.3) is 10.1 Å². The summed E-state index contributed by atoms with van der Waals surface area (Å²) in [6, 6.07) is 0. The van der Waals surface area contributed by atoms with E-state index in [1.807, 2.05) is 12.3 Å². The summed E-state index contributed by atoms with van der Waals surface area (Å²) in [6.45, 7) is 2.21. The van der Waals surface area contributed by atoms with E-state index in [0.717, 1.165) is 23.4 Å². The largest absolute Gasteiger partial charge is 0.270 e. The first kappa shape index (κ1) is 11.6. The van der Waals surface area contributed by atoms with Gasteiger partial charge in [0.15, 0.2) is 0 Å². The Bertz CT molecular complexity index is 383. The molecule has 0 amide bonds. The van der Waals surface area contributed by atoms with Crippen molar-refractivity contribution in [2.75, 3.05) is 12.9 Å². The van der Waals surface area contributed by atoms with Crippen molar-refractivity contribution in [1.82, 2.24) is 4.98 Å². The number of aryl methyl sites for hydroxylation is 1. The molecule has 0 aliphatic heterocycles. The summed E-state index contributed by atoms with van der Waals surface area (Å²) in [4.78, 5) is 4.29. The highest BCUT2D eigenvalue weighted by atomic mass is 32.2. The average Bonchev–Trinajstić information content (AvgIpc) is 2.50. The van der Waals surface area contributed by atoms with Crippen LogP contribution in [0.15, 0.2) is 5.38 Å². The lowest BCUT2D eigenvalue weighted by atomic mass is 10.4. The fourth-order valence-corrected chi connectivity index (χ4v) is 2.09. The van der Waals surface area contributed by atoms with E-state index in [1.54, 1.807) is 11.3 Å². The lowest BCUT2D eigenvalue weighted by Crippen LogP contribution is -2.06. The van der Waals surface area contributed by atoms with Crippen LogP contribution >= 0.6 is 11.3 Å². The van der Waals surface area contributed by atoms with Gasteiger partial charge < -0.3 is 0 Å². The van der Waals surface area contributed by atoms with Crippen LogP contribution in [-0.4, -0.2) is 26.3 Å². The molecule has 14 heavy (non-hydrogen) atoms. The zero-order valence-corrected chi connectivity index (χ0v) is 9.82. The number of rotatable bonds is 5. The van der Waals surface area contributed by atoms with Crippen LogP contribution in [0.1, 0.15) is 17.6 Å². The first-order chi connectivity index (χ1) is 6.51. The Hall–Kier alpha value is -0.460. The zero-order chi connectivity index (χ0) is 10.6. The van der Waals surface area contributed by atoms with Gasteiger partial charge in [0.2, 0.25) is 0 Å². The Kier molecular flexibility index (Phi) is 4.03. The van der Waals surface area contributed by atoms with Gasteiger partial charge in [0, 0.05) is 11.8 Å². The summed E-state index contributed by atoms with van der Waals surface area (Å²) >= 11 is 1.59. The standard InChI is InChI=1S/C8H13NO3S2/c1-3-8-9-7(6-13-8)4-5-12-14(2,10)11/h6H,3-5H2,1-2H3. The lowest BCUT2D eigenvalue weighted by molar-refractivity contribution is 0.325. The molecule has 0 aliphatic carbocycles. The first-order valence-corrected chi connectivity index (χ1v) is 6.98. The first-order valence-electron chi connectivity index (χ1n) is 4.29. The van der Waals surface area contributed by atoms with Gasteiger partial charge in [-0.05, 0) is 6.42 Å². The van der Waals surface area contributed by atoms with Crippen molar-refractivity contribution in [2.24, 2.45) is 0 Å². The molecular formula is C8H13NO3S2. The van der Waals surface area contributed by atoms with Crippen LogP contribution in [-0.2, 0) is 27.1 Å². The molecule has 80 valence electrons. The fraction of sp³-hybridized carbons (Fsp3) is 0.625. The molecule has 4 nitrogen and oxygen atoms in total. The van der Waals surface area contributed by atoms with Crippen molar-refractivity contribution in [3.63, 3.8) is 0 Å². The third-order valence-corrected chi connectivity index (χ3v) is 3.19. The van der Waals surface area contributed by atoms with Gasteiger partial charge in [-0.2, -0.15) is 8.42 Å². The molecule has 0 spiro atoms. The van der Waals surface area contributed by atoms with Crippen molar-refractivity contribution in [1.29, 1.82) is 0 Å². The molecule has 0 fully saturated rings. The molecule has 6 heteroatoms. The second-order valence-corrected chi connectivity index (χ2v) is 5.45. The quantitative estimate of drug-likeness (QED) is 0.720. The summed E-state index contributed by atoms with van der Waals surface area (Å²) in [7, 11) is -3.32. The lowest BCUT2D eigenvalue weighted by Gasteiger charge is -1.97. The Morgan fingerprint density at radius 1 is 1.57 bits per heavy atom. The SMILES string of the molecule is CCc1nc(CCOS(C)(=O)=O)cs1. The van der Waals surface area contributed by atoms with Gasteiger partial charge in [-0.15, -0.1) is 11.3 Å². The summed E-state index contributed by atoms with van der Waals surface area (Å²) in [5, 5.41) is 3.00. The van der Waals surface area contributed by atoms with Crippen molar-refractivity contribution >= 4 is 21.5 Å². The summed E-state index contributed by atoms with van der Waals surface area (Å²) in [6.07, 6.45) is 2.51. The van der Waals surface area contributed by atoms with E-state index >= 15 is 0 Å². The highest BCUT2D eigenvalue weighted by Crippen LogP contribution is 2.10. The van der Waals surface area contributed by atoms with Crippen LogP contribution in [0.3, 0.4) is 0 Å². The minimum atomic E-state index is -3.32. The minimum absolute atomic E-state index is 0.172. The summed E-state index contributed by atoms with van der Waals surface area (Å²) in [5.74, 6) is 0. The van der Waals surface area contributed by atoms with E-state index < -0.39 is 10.1 Å². The van der Waals surface area contributed by atoms with E-state index in [2.05, 4.69) is 9.17 Å². The molecule has 0 unspecified atom stereocenters. The Morgan fingerprint density at radius 3 is 2.79 bits per heavy atom. The van der Waals surface area contributed by atoms with Crippen LogP contribution in [0.4, 0.5) is 0 Å². The van der Waals surface area contributed by atoms with E-state index in [1.165, 1.54) is 0 Å². The van der Waals surface area contributed by atoms with Gasteiger partial charge in [-0.25, -0.2) is 4.98 Å². The third-order valence-electron chi connectivity index (χ3n) is 1.56. The van der Waals surface area contributed by atoms with Gasteiger partial charge in [-0.3, -0.25) is 4.18 Å². The molecule has 0 aromatic carbocycles. The highest BCUT2D eigenvalue weighted by Gasteiger charge is 2.04. The van der Waals surface area contributed by atoms with Crippen LogP contribution < -0.4 is 0 Å². The summed E-state index contributed by atoms with van der Waals surface area (Å²) < 4.78 is 25.9. The van der Waals surface area contributed by atoms with Gasteiger partial charge in [0.05, 0.1) is 23.6 Å². The number of hydrogen-bond acceptors (Lipinski definition) is 5. The molecular weight excluding hydrogens is 222 g/mol. The van der Waals surface area contributed by atoms with Crippen LogP contribution in [0, 0.1) is 0 Å². The molecule has 0 N–H and O–H groups in total. The van der Waals surface area contributed by atoms with Crippen LogP contribution in [0.5, 0.6) is 0 Å². The highest BCUT2D eigenvalue weighted by molar-refractivity contribution is 7.85. The van der Waals surface area contributed by atoms with E-state index in [4.69, 9.17) is 0 Å². The van der Waals surface area contributed by atoms with E-state index in [0.29, 0.717) is 6.42 Å². The number of hydrogen-bond donors (Lipinski definition) is 0. The average molecular weight is 235 g/mol. The Morgan fingerprint density at radius 2 is 2.29 bits per heavy atom. The van der Waals surface area contributed by atoms with Gasteiger partial charge in [0.1, 0.15) is 0 Å². The normalized spacial score (nSPS) is 11.9. The smallest absolute Gasteiger partial charge is 0.264 e. The fourth-order valence-electron chi connectivity index (χ4n) is 0.924. The monoisotopic (exact) mass is 235 g/mol. The molecule has 1 aromatic rings. The molecule has 0 atom stereocenters. The molecule has 1 heterocycles. The van der Waals surface area contributed by atoms with Crippen molar-refractivity contribution in [2.45, 2.75) is 19.8 Å². The molecule has 0 radical (unpaired) electrons. The molecule has 1 aromatic heterocycles. The van der Waals surface area contributed by atoms with Crippen molar-refractivity contribution in [3.05, 3.63) is 16.1 Å². The maximum Gasteiger partial charge on any atom is 0.264 e.